The normalized spacial score (nSPS) is 10.8. The summed E-state index contributed by atoms with van der Waals surface area (Å²) in [6.07, 6.45) is 1.19. The zero-order valence-corrected chi connectivity index (χ0v) is 18.8. The monoisotopic (exact) mass is 433 g/mol. The van der Waals surface area contributed by atoms with Gasteiger partial charge in [0.1, 0.15) is 11.3 Å². The molecule has 0 N–H and O–H groups in total. The van der Waals surface area contributed by atoms with Crippen LogP contribution in [0.4, 0.5) is 5.13 Å². The number of thiazole rings is 1. The van der Waals surface area contributed by atoms with Crippen LogP contribution in [0, 0.1) is 0 Å². The summed E-state index contributed by atoms with van der Waals surface area (Å²) in [5.41, 5.74) is 2.00. The number of hydrogen-bond acceptors (Lipinski definition) is 5. The van der Waals surface area contributed by atoms with Crippen LogP contribution in [0.1, 0.15) is 18.9 Å². The maximum atomic E-state index is 13.1. The van der Waals surface area contributed by atoms with Crippen LogP contribution < -0.4 is 9.64 Å². The average Bonchev–Trinajstić information content (AvgIpc) is 3.12. The Morgan fingerprint density at radius 1 is 1.07 bits per heavy atom. The smallest absolute Gasteiger partial charge is 0.229 e. The number of hydrogen-bond donors (Lipinski definition) is 0. The van der Waals surface area contributed by atoms with Crippen molar-refractivity contribution in [1.29, 1.82) is 0 Å². The first-order chi connectivity index (χ1) is 13.6. The number of likely N-dealkylation sites (N-methyl/N-ethyl adjacent to an activating group) is 1. The van der Waals surface area contributed by atoms with Crippen molar-refractivity contribution in [2.24, 2.45) is 0 Å². The Balaban J connectivity index is 0.00000300. The van der Waals surface area contributed by atoms with E-state index in [9.17, 15) is 4.79 Å². The number of nitrogens with zero attached hydrogens (tertiary/aromatic N) is 3. The maximum Gasteiger partial charge on any atom is 0.229 e. The van der Waals surface area contributed by atoms with E-state index in [1.807, 2.05) is 62.3 Å². The van der Waals surface area contributed by atoms with Gasteiger partial charge in [0.2, 0.25) is 5.91 Å². The molecule has 0 unspecified atom stereocenters. The van der Waals surface area contributed by atoms with Gasteiger partial charge in [-0.3, -0.25) is 9.69 Å². The molecule has 0 bridgehead atoms. The lowest BCUT2D eigenvalue weighted by Crippen LogP contribution is -2.36. The fourth-order valence-electron chi connectivity index (χ4n) is 2.96. The topological polar surface area (TPSA) is 45.7 Å². The summed E-state index contributed by atoms with van der Waals surface area (Å²) in [7, 11) is 4.02. The summed E-state index contributed by atoms with van der Waals surface area (Å²) in [5.74, 6) is 0.870. The van der Waals surface area contributed by atoms with Gasteiger partial charge in [0.05, 0.1) is 11.3 Å². The third-order valence-corrected chi connectivity index (χ3v) is 5.49. The molecule has 0 aliphatic carbocycles. The molecule has 1 amide bonds. The minimum atomic E-state index is 0. The highest BCUT2D eigenvalue weighted by molar-refractivity contribution is 7.22. The second kappa shape index (κ2) is 11.1. The van der Waals surface area contributed by atoms with Gasteiger partial charge >= 0.3 is 0 Å². The lowest BCUT2D eigenvalue weighted by atomic mass is 10.1. The fraction of sp³-hybridized carbons (Fsp3) is 0.364. The van der Waals surface area contributed by atoms with E-state index in [0.29, 0.717) is 19.6 Å². The third kappa shape index (κ3) is 6.16. The van der Waals surface area contributed by atoms with Crippen molar-refractivity contribution in [2.75, 3.05) is 38.7 Å². The summed E-state index contributed by atoms with van der Waals surface area (Å²) in [4.78, 5) is 21.7. The number of aryl methyl sites for hydroxylation is 1. The van der Waals surface area contributed by atoms with Crippen molar-refractivity contribution in [1.82, 2.24) is 9.88 Å². The Kier molecular flexibility index (Phi) is 8.89. The highest BCUT2D eigenvalue weighted by Crippen LogP contribution is 2.34. The summed E-state index contributed by atoms with van der Waals surface area (Å²) >= 11 is 1.54. The molecule has 0 aliphatic heterocycles. The van der Waals surface area contributed by atoms with E-state index >= 15 is 0 Å². The Labute approximate surface area is 182 Å². The number of aromatic nitrogens is 1. The van der Waals surface area contributed by atoms with Crippen molar-refractivity contribution in [3.63, 3.8) is 0 Å². The third-order valence-electron chi connectivity index (χ3n) is 4.44. The molecule has 0 aliphatic rings. The van der Waals surface area contributed by atoms with Gasteiger partial charge in [0.15, 0.2) is 5.13 Å². The Morgan fingerprint density at radius 3 is 2.52 bits per heavy atom. The van der Waals surface area contributed by atoms with E-state index in [2.05, 4.69) is 17.0 Å². The van der Waals surface area contributed by atoms with E-state index < -0.39 is 0 Å². The predicted molar refractivity (Wildman–Crippen MR) is 124 cm³/mol. The second-order valence-electron chi connectivity index (χ2n) is 6.87. The molecule has 5 nitrogen and oxygen atoms in total. The van der Waals surface area contributed by atoms with Gasteiger partial charge < -0.3 is 9.64 Å². The number of amides is 1. The molecule has 29 heavy (non-hydrogen) atoms. The molecule has 0 saturated heterocycles. The van der Waals surface area contributed by atoms with Crippen LogP contribution >= 0.6 is 23.7 Å². The highest BCUT2D eigenvalue weighted by atomic mass is 35.5. The molecule has 1 aromatic heterocycles. The number of carbonyl (C=O) groups is 1. The summed E-state index contributed by atoms with van der Waals surface area (Å²) < 4.78 is 6.74. The minimum absolute atomic E-state index is 0. The highest BCUT2D eigenvalue weighted by Gasteiger charge is 2.21. The van der Waals surface area contributed by atoms with E-state index in [4.69, 9.17) is 9.72 Å². The molecule has 0 saturated carbocycles. The lowest BCUT2D eigenvalue weighted by molar-refractivity contribution is -0.118. The summed E-state index contributed by atoms with van der Waals surface area (Å²) in [6, 6.07) is 16.0. The van der Waals surface area contributed by atoms with Crippen LogP contribution in [-0.4, -0.2) is 49.6 Å². The number of ether oxygens (including phenoxy) is 1. The molecule has 156 valence electrons. The largest absolute Gasteiger partial charge is 0.492 e. The molecule has 0 atom stereocenters. The lowest BCUT2D eigenvalue weighted by Gasteiger charge is -2.22. The van der Waals surface area contributed by atoms with Gasteiger partial charge in [-0.1, -0.05) is 47.7 Å². The summed E-state index contributed by atoms with van der Waals surface area (Å²) in [5, 5.41) is 0.738. The molecule has 3 aromatic rings. The van der Waals surface area contributed by atoms with E-state index in [1.165, 1.54) is 5.56 Å². The quantitative estimate of drug-likeness (QED) is 0.493. The van der Waals surface area contributed by atoms with Gasteiger partial charge in [-0.2, -0.15) is 0 Å². The van der Waals surface area contributed by atoms with E-state index in [-0.39, 0.29) is 18.3 Å². The Bertz CT molecular complexity index is 915. The first-order valence-corrected chi connectivity index (χ1v) is 10.4. The first kappa shape index (κ1) is 23.1. The van der Waals surface area contributed by atoms with E-state index in [0.717, 1.165) is 34.1 Å². The van der Waals surface area contributed by atoms with Gasteiger partial charge in [0.25, 0.3) is 0 Å². The van der Waals surface area contributed by atoms with Crippen LogP contribution in [0.3, 0.4) is 0 Å². The van der Waals surface area contributed by atoms with Crippen molar-refractivity contribution >= 4 is 45.0 Å². The minimum Gasteiger partial charge on any atom is -0.492 e. The number of rotatable bonds is 9. The van der Waals surface area contributed by atoms with Gasteiger partial charge in [-0.25, -0.2) is 4.98 Å². The molecule has 1 heterocycles. The fourth-order valence-corrected chi connectivity index (χ4v) is 3.98. The summed E-state index contributed by atoms with van der Waals surface area (Å²) in [6.45, 7) is 3.95. The number of carbonyl (C=O) groups excluding carboxylic acids is 1. The van der Waals surface area contributed by atoms with Crippen LogP contribution in [0.25, 0.3) is 10.2 Å². The van der Waals surface area contributed by atoms with Crippen LogP contribution in [0.15, 0.2) is 48.5 Å². The molecular weight excluding hydrogens is 406 g/mol. The van der Waals surface area contributed by atoms with Crippen LogP contribution in [0.2, 0.25) is 0 Å². The van der Waals surface area contributed by atoms with Gasteiger partial charge in [-0.05, 0) is 45.1 Å². The number of anilines is 1. The van der Waals surface area contributed by atoms with Crippen molar-refractivity contribution in [2.45, 2.75) is 19.8 Å². The SMILES string of the molecule is CCOc1cccc2sc(N(CCN(C)C)C(=O)CCc3ccccc3)nc12.Cl. The Hall–Kier alpha value is -2.15. The molecule has 3 rings (SSSR count). The molecular formula is C22H28ClN3O2S. The van der Waals surface area contributed by atoms with Gasteiger partial charge in [-0.15, -0.1) is 12.4 Å². The maximum absolute atomic E-state index is 13.1. The number of fused-ring (bicyclic) bond motifs is 1. The average molecular weight is 434 g/mol. The predicted octanol–water partition coefficient (Wildman–Crippen LogP) is 4.64. The first-order valence-electron chi connectivity index (χ1n) is 9.60. The molecule has 7 heteroatoms. The Morgan fingerprint density at radius 2 is 1.83 bits per heavy atom. The van der Waals surface area contributed by atoms with Crippen molar-refractivity contribution < 1.29 is 9.53 Å². The number of halogens is 1. The number of benzene rings is 2. The zero-order valence-electron chi connectivity index (χ0n) is 17.1. The van der Waals surface area contributed by atoms with Crippen molar-refractivity contribution in [3.05, 3.63) is 54.1 Å². The van der Waals surface area contributed by atoms with Gasteiger partial charge in [0, 0.05) is 19.5 Å². The van der Waals surface area contributed by atoms with E-state index in [1.54, 1.807) is 11.3 Å². The zero-order chi connectivity index (χ0) is 19.9. The molecule has 0 spiro atoms. The second-order valence-corrected chi connectivity index (χ2v) is 7.88. The molecule has 0 fully saturated rings. The van der Waals surface area contributed by atoms with Crippen LogP contribution in [-0.2, 0) is 11.2 Å². The van der Waals surface area contributed by atoms with Crippen LogP contribution in [0.5, 0.6) is 5.75 Å². The molecule has 2 aromatic carbocycles. The van der Waals surface area contributed by atoms with Crippen molar-refractivity contribution in [3.8, 4) is 5.75 Å². The standard InChI is InChI=1S/C22H27N3O2S.ClH/c1-4-27-18-11-8-12-19-21(18)23-22(28-19)25(16-15-24(2)3)20(26)14-13-17-9-6-5-7-10-17;/h5-12H,4,13-16H2,1-3H3;1H. The number of para-hydroxylation sites is 1. The molecule has 0 radical (unpaired) electrons.